The first-order valence-electron chi connectivity index (χ1n) is 8.32. The number of alkyl halides is 3. The van der Waals surface area contributed by atoms with E-state index >= 15 is 0 Å². The van der Waals surface area contributed by atoms with Crippen LogP contribution in [0.25, 0.3) is 0 Å². The molecule has 3 aliphatic rings. The van der Waals surface area contributed by atoms with Crippen LogP contribution >= 0.6 is 11.6 Å². The van der Waals surface area contributed by atoms with E-state index in [1.165, 1.54) is 17.1 Å². The highest BCUT2D eigenvalue weighted by Gasteiger charge is 2.50. The molecule has 0 bridgehead atoms. The Kier molecular flexibility index (Phi) is 4.23. The van der Waals surface area contributed by atoms with E-state index in [0.29, 0.717) is 12.2 Å². The molecule has 2 fully saturated rings. The maximum atomic E-state index is 12.8. The van der Waals surface area contributed by atoms with Crippen molar-refractivity contribution >= 4 is 16.9 Å². The third-order valence-electron chi connectivity index (χ3n) is 5.25. The SMILES string of the molecule is N=C(Cl)N1NC2C3CC=CC=C3OCC2C1c1ccc(C(F)(F)F)cc1. The maximum absolute atomic E-state index is 12.8. The maximum Gasteiger partial charge on any atom is 0.416 e. The average molecular weight is 384 g/mol. The lowest BCUT2D eigenvalue weighted by molar-refractivity contribution is -0.137. The van der Waals surface area contributed by atoms with Crippen LogP contribution in [0, 0.1) is 17.2 Å². The Bertz CT molecular complexity index is 775. The molecule has 1 aliphatic carbocycles. The lowest BCUT2D eigenvalue weighted by Crippen LogP contribution is -2.45. The number of ether oxygens (including phenoxy) is 1. The van der Waals surface area contributed by atoms with Crippen molar-refractivity contribution in [2.45, 2.75) is 24.7 Å². The Morgan fingerprint density at radius 1 is 1.27 bits per heavy atom. The van der Waals surface area contributed by atoms with Crippen LogP contribution in [0.3, 0.4) is 0 Å². The molecule has 0 radical (unpaired) electrons. The highest BCUT2D eigenvalue weighted by Crippen LogP contribution is 2.45. The second-order valence-electron chi connectivity index (χ2n) is 6.69. The molecule has 4 unspecified atom stereocenters. The lowest BCUT2D eigenvalue weighted by atomic mass is 9.78. The molecule has 4 nitrogen and oxygen atoms in total. The number of nitrogens with one attached hydrogen (secondary N) is 2. The van der Waals surface area contributed by atoms with Crippen LogP contribution in [-0.4, -0.2) is 23.0 Å². The van der Waals surface area contributed by atoms with Crippen molar-refractivity contribution in [3.63, 3.8) is 0 Å². The summed E-state index contributed by atoms with van der Waals surface area (Å²) < 4.78 is 44.4. The quantitative estimate of drug-likeness (QED) is 0.434. The van der Waals surface area contributed by atoms with Crippen LogP contribution in [0.5, 0.6) is 0 Å². The normalized spacial score (nSPS) is 30.3. The second-order valence-corrected chi connectivity index (χ2v) is 7.05. The van der Waals surface area contributed by atoms with Gasteiger partial charge in [-0.2, -0.15) is 13.2 Å². The fourth-order valence-electron chi connectivity index (χ4n) is 4.05. The molecular weight excluding hydrogens is 367 g/mol. The zero-order valence-corrected chi connectivity index (χ0v) is 14.4. The van der Waals surface area contributed by atoms with Gasteiger partial charge in [0.2, 0.25) is 5.29 Å². The predicted molar refractivity (Wildman–Crippen MR) is 91.3 cm³/mol. The summed E-state index contributed by atoms with van der Waals surface area (Å²) >= 11 is 5.97. The van der Waals surface area contributed by atoms with Crippen LogP contribution in [0.4, 0.5) is 13.2 Å². The summed E-state index contributed by atoms with van der Waals surface area (Å²) in [7, 11) is 0. The number of benzene rings is 1. The van der Waals surface area contributed by atoms with Gasteiger partial charge in [-0.05, 0) is 41.8 Å². The van der Waals surface area contributed by atoms with Crippen molar-refractivity contribution in [2.75, 3.05) is 6.61 Å². The van der Waals surface area contributed by atoms with Gasteiger partial charge < -0.3 is 4.74 Å². The van der Waals surface area contributed by atoms with E-state index in [1.807, 2.05) is 12.2 Å². The summed E-state index contributed by atoms with van der Waals surface area (Å²) in [5, 5.41) is 9.21. The Labute approximate surface area is 153 Å². The molecule has 0 spiro atoms. The summed E-state index contributed by atoms with van der Waals surface area (Å²) in [6.07, 6.45) is 2.38. The molecule has 2 N–H and O–H groups in total. The molecule has 2 heterocycles. The summed E-state index contributed by atoms with van der Waals surface area (Å²) in [5.74, 6) is 0.992. The predicted octanol–water partition coefficient (Wildman–Crippen LogP) is 4.22. The average Bonchev–Trinajstić information content (AvgIpc) is 3.01. The fourth-order valence-corrected chi connectivity index (χ4v) is 4.20. The lowest BCUT2D eigenvalue weighted by Gasteiger charge is -2.36. The number of rotatable bonds is 1. The van der Waals surface area contributed by atoms with Gasteiger partial charge in [0.1, 0.15) is 5.76 Å². The van der Waals surface area contributed by atoms with Crippen molar-refractivity contribution in [3.05, 3.63) is 59.4 Å². The Hall–Kier alpha value is -1.99. The molecule has 2 saturated heterocycles. The van der Waals surface area contributed by atoms with Crippen molar-refractivity contribution in [1.29, 1.82) is 5.41 Å². The minimum absolute atomic E-state index is 0.00587. The summed E-state index contributed by atoms with van der Waals surface area (Å²) in [4.78, 5) is 0. The fraction of sp³-hybridized carbons (Fsp3) is 0.389. The van der Waals surface area contributed by atoms with Gasteiger partial charge in [0.05, 0.1) is 18.2 Å². The van der Waals surface area contributed by atoms with Crippen LogP contribution < -0.4 is 5.43 Å². The first-order chi connectivity index (χ1) is 12.4. The van der Waals surface area contributed by atoms with Crippen molar-refractivity contribution in [1.82, 2.24) is 10.4 Å². The molecule has 2 aliphatic heterocycles. The molecule has 138 valence electrons. The van der Waals surface area contributed by atoms with Gasteiger partial charge in [0.25, 0.3) is 0 Å². The van der Waals surface area contributed by atoms with Gasteiger partial charge in [-0.15, -0.1) is 0 Å². The number of hydrogen-bond acceptors (Lipinski definition) is 3. The number of allylic oxidation sites excluding steroid dienone is 3. The zero-order chi connectivity index (χ0) is 18.5. The largest absolute Gasteiger partial charge is 0.497 e. The molecular formula is C18H17ClF3N3O. The minimum Gasteiger partial charge on any atom is -0.497 e. The number of hydrogen-bond donors (Lipinski definition) is 2. The molecule has 8 heteroatoms. The molecule has 4 rings (SSSR count). The van der Waals surface area contributed by atoms with Gasteiger partial charge >= 0.3 is 6.18 Å². The van der Waals surface area contributed by atoms with Gasteiger partial charge in [-0.3, -0.25) is 10.4 Å². The number of nitrogens with zero attached hydrogens (tertiary/aromatic N) is 1. The van der Waals surface area contributed by atoms with E-state index in [4.69, 9.17) is 21.7 Å². The van der Waals surface area contributed by atoms with Crippen LogP contribution in [0.1, 0.15) is 23.6 Å². The van der Waals surface area contributed by atoms with Crippen LogP contribution in [0.2, 0.25) is 0 Å². The Balaban J connectivity index is 1.67. The smallest absolute Gasteiger partial charge is 0.416 e. The molecule has 4 atom stereocenters. The molecule has 1 aromatic rings. The highest BCUT2D eigenvalue weighted by atomic mass is 35.5. The first kappa shape index (κ1) is 17.4. The number of hydrazine groups is 1. The summed E-state index contributed by atoms with van der Waals surface area (Å²) in [5.41, 5.74) is 3.26. The number of amidine groups is 1. The topological polar surface area (TPSA) is 48.4 Å². The van der Waals surface area contributed by atoms with E-state index in [0.717, 1.165) is 24.3 Å². The van der Waals surface area contributed by atoms with Crippen molar-refractivity contribution in [3.8, 4) is 0 Å². The second kappa shape index (κ2) is 6.32. The summed E-state index contributed by atoms with van der Waals surface area (Å²) in [6.45, 7) is 0.417. The highest BCUT2D eigenvalue weighted by molar-refractivity contribution is 6.63. The van der Waals surface area contributed by atoms with Gasteiger partial charge in [-0.25, -0.2) is 5.43 Å². The monoisotopic (exact) mass is 383 g/mol. The molecule has 26 heavy (non-hydrogen) atoms. The van der Waals surface area contributed by atoms with Crippen molar-refractivity contribution < 1.29 is 17.9 Å². The molecule has 1 aromatic carbocycles. The van der Waals surface area contributed by atoms with Gasteiger partial charge in [0, 0.05) is 17.9 Å². The molecule has 0 aromatic heterocycles. The van der Waals surface area contributed by atoms with Crippen LogP contribution in [0.15, 0.2) is 48.3 Å². The van der Waals surface area contributed by atoms with E-state index in [-0.39, 0.29) is 29.2 Å². The third-order valence-corrected chi connectivity index (χ3v) is 5.43. The Morgan fingerprint density at radius 2 is 2.00 bits per heavy atom. The van der Waals surface area contributed by atoms with E-state index in [2.05, 4.69) is 11.5 Å². The number of fused-ring (bicyclic) bond motifs is 3. The Morgan fingerprint density at radius 3 is 2.65 bits per heavy atom. The third kappa shape index (κ3) is 2.89. The van der Waals surface area contributed by atoms with Gasteiger partial charge in [-0.1, -0.05) is 24.3 Å². The first-order valence-corrected chi connectivity index (χ1v) is 8.70. The minimum atomic E-state index is -4.38. The van der Waals surface area contributed by atoms with E-state index in [1.54, 1.807) is 0 Å². The van der Waals surface area contributed by atoms with Crippen molar-refractivity contribution in [2.24, 2.45) is 11.8 Å². The molecule has 0 amide bonds. The van der Waals surface area contributed by atoms with E-state index < -0.39 is 11.7 Å². The standard InChI is InChI=1S/C18H17ClF3N3O/c19-17(23)25-16(10-5-7-11(8-6-10)18(20,21)22)13-9-26-14-4-2-1-3-12(14)15(13)24-25/h1-2,4-8,12-13,15-16,23-24H,3,9H2. The van der Waals surface area contributed by atoms with E-state index in [9.17, 15) is 13.2 Å². The molecule has 0 saturated carbocycles. The summed E-state index contributed by atoms with van der Waals surface area (Å²) in [6, 6.07) is 4.69. The van der Waals surface area contributed by atoms with Gasteiger partial charge in [0.15, 0.2) is 0 Å². The zero-order valence-electron chi connectivity index (χ0n) is 13.6. The number of halogens is 4. The van der Waals surface area contributed by atoms with Crippen LogP contribution in [-0.2, 0) is 10.9 Å².